The molecule has 4 N–H and O–H groups in total. The van der Waals surface area contributed by atoms with E-state index in [-0.39, 0.29) is 59.6 Å². The minimum atomic E-state index is -4.36. The van der Waals surface area contributed by atoms with Gasteiger partial charge >= 0.3 is 37.2 Å². The normalized spacial score (nSPS) is 15.1. The molecule has 0 saturated heterocycles. The van der Waals surface area contributed by atoms with Gasteiger partial charge in [0.25, 0.3) is 0 Å². The SMILES string of the molecule is CCOP(=O)(O)C(N[C@@H](Cc1ccc(O)cc1)C(=O)[O-])c1ccccc1O.[Na+]. The van der Waals surface area contributed by atoms with E-state index in [1.54, 1.807) is 6.07 Å². The maximum Gasteiger partial charge on any atom is 1.00 e. The van der Waals surface area contributed by atoms with Crippen LogP contribution in [0.1, 0.15) is 23.8 Å². The Morgan fingerprint density at radius 1 is 1.18 bits per heavy atom. The number of benzene rings is 2. The molecule has 0 aliphatic heterocycles. The fraction of sp³-hybridized carbons (Fsp3) is 0.278. The van der Waals surface area contributed by atoms with E-state index in [2.05, 4.69) is 5.32 Å². The summed E-state index contributed by atoms with van der Waals surface area (Å²) in [5, 5.41) is 33.6. The third-order valence-corrected chi connectivity index (χ3v) is 5.60. The number of hydrogen-bond acceptors (Lipinski definition) is 7. The van der Waals surface area contributed by atoms with Crippen molar-refractivity contribution in [1.82, 2.24) is 5.32 Å². The van der Waals surface area contributed by atoms with Crippen LogP contribution in [0.5, 0.6) is 11.5 Å². The minimum absolute atomic E-state index is 0. The van der Waals surface area contributed by atoms with Crippen LogP contribution in [0, 0.1) is 0 Å². The molecule has 0 aromatic heterocycles. The van der Waals surface area contributed by atoms with Gasteiger partial charge in [-0.05, 0) is 37.1 Å². The largest absolute Gasteiger partial charge is 1.00 e. The predicted molar refractivity (Wildman–Crippen MR) is 96.0 cm³/mol. The average Bonchev–Trinajstić information content (AvgIpc) is 2.60. The van der Waals surface area contributed by atoms with Gasteiger partial charge < -0.3 is 29.5 Å². The number of phenols is 2. The topological polar surface area (TPSA) is 139 Å². The number of para-hydroxylation sites is 1. The van der Waals surface area contributed by atoms with Gasteiger partial charge in [0.2, 0.25) is 0 Å². The van der Waals surface area contributed by atoms with Crippen LogP contribution in [0.2, 0.25) is 0 Å². The maximum atomic E-state index is 12.6. The van der Waals surface area contributed by atoms with Gasteiger partial charge in [-0.2, -0.15) is 0 Å². The van der Waals surface area contributed by atoms with Gasteiger partial charge in [0, 0.05) is 5.56 Å². The summed E-state index contributed by atoms with van der Waals surface area (Å²) in [7, 11) is -4.36. The predicted octanol–water partition coefficient (Wildman–Crippen LogP) is -1.73. The number of rotatable bonds is 9. The zero-order valence-electron chi connectivity index (χ0n) is 15.6. The van der Waals surface area contributed by atoms with Gasteiger partial charge in [0.15, 0.2) is 0 Å². The summed E-state index contributed by atoms with van der Waals surface area (Å²) >= 11 is 0. The summed E-state index contributed by atoms with van der Waals surface area (Å²) in [6.45, 7) is 1.45. The summed E-state index contributed by atoms with van der Waals surface area (Å²) in [4.78, 5) is 21.9. The molecule has 0 heterocycles. The van der Waals surface area contributed by atoms with Crippen LogP contribution in [-0.2, 0) is 20.3 Å². The zero-order chi connectivity index (χ0) is 20.0. The zero-order valence-corrected chi connectivity index (χ0v) is 18.5. The number of carboxylic acid groups (broad SMARTS) is 1. The molecular weight excluding hydrogens is 396 g/mol. The van der Waals surface area contributed by atoms with E-state index in [0.717, 1.165) is 0 Å². The Labute approximate surface area is 185 Å². The Morgan fingerprint density at radius 3 is 2.32 bits per heavy atom. The molecule has 2 aromatic rings. The van der Waals surface area contributed by atoms with Crippen molar-refractivity contribution >= 4 is 13.6 Å². The van der Waals surface area contributed by atoms with Gasteiger partial charge in [-0.3, -0.25) is 9.88 Å². The second-order valence-corrected chi connectivity index (χ2v) is 7.75. The summed E-state index contributed by atoms with van der Waals surface area (Å²) in [5.74, 6) is -3.20. The minimum Gasteiger partial charge on any atom is -0.548 e. The van der Waals surface area contributed by atoms with E-state index in [9.17, 15) is 29.6 Å². The van der Waals surface area contributed by atoms with Crippen molar-refractivity contribution in [2.24, 2.45) is 0 Å². The molecule has 2 rings (SSSR count). The van der Waals surface area contributed by atoms with Gasteiger partial charge in [0.1, 0.15) is 17.3 Å². The van der Waals surface area contributed by atoms with E-state index in [0.29, 0.717) is 5.56 Å². The number of aromatic hydroxyl groups is 2. The van der Waals surface area contributed by atoms with E-state index >= 15 is 0 Å². The Kier molecular flexibility index (Phi) is 9.66. The molecule has 3 atom stereocenters. The van der Waals surface area contributed by atoms with Gasteiger partial charge in [-0.15, -0.1) is 0 Å². The average molecular weight is 417 g/mol. The maximum absolute atomic E-state index is 12.6. The molecule has 2 unspecified atom stereocenters. The summed E-state index contributed by atoms with van der Waals surface area (Å²) in [5.41, 5.74) is 0.600. The first-order valence-electron chi connectivity index (χ1n) is 8.24. The number of aliphatic carboxylic acids is 1. The van der Waals surface area contributed by atoms with Crippen LogP contribution < -0.4 is 40.0 Å². The van der Waals surface area contributed by atoms with Crippen molar-refractivity contribution in [1.29, 1.82) is 0 Å². The van der Waals surface area contributed by atoms with Gasteiger partial charge in [0.05, 0.1) is 18.6 Å². The van der Waals surface area contributed by atoms with E-state index in [4.69, 9.17) is 4.52 Å². The first-order chi connectivity index (χ1) is 12.7. The molecule has 0 aliphatic rings. The molecule has 0 radical (unpaired) electrons. The van der Waals surface area contributed by atoms with Crippen molar-refractivity contribution < 1.29 is 63.7 Å². The molecule has 0 spiro atoms. The van der Waals surface area contributed by atoms with E-state index < -0.39 is 25.4 Å². The Bertz CT molecular complexity index is 831. The molecule has 0 aliphatic carbocycles. The van der Waals surface area contributed by atoms with Crippen molar-refractivity contribution in [3.63, 3.8) is 0 Å². The van der Waals surface area contributed by atoms with Gasteiger partial charge in [-0.25, -0.2) is 0 Å². The number of nitrogens with one attached hydrogen (secondary N) is 1. The molecule has 0 saturated carbocycles. The van der Waals surface area contributed by atoms with Crippen molar-refractivity contribution in [3.8, 4) is 11.5 Å². The Balaban J connectivity index is 0.00000392. The second kappa shape index (κ2) is 11.0. The first kappa shape index (κ1) is 24.7. The molecule has 8 nitrogen and oxygen atoms in total. The number of hydrogen-bond donors (Lipinski definition) is 4. The number of carboxylic acids is 1. The van der Waals surface area contributed by atoms with Crippen LogP contribution in [0.4, 0.5) is 0 Å². The summed E-state index contributed by atoms with van der Waals surface area (Å²) in [6, 6.07) is 10.3. The molecule has 0 fully saturated rings. The summed E-state index contributed by atoms with van der Waals surface area (Å²) < 4.78 is 17.6. The molecular formula is C18H21NNaO7P. The molecule has 2 aromatic carbocycles. The van der Waals surface area contributed by atoms with Crippen LogP contribution in [0.25, 0.3) is 0 Å². The van der Waals surface area contributed by atoms with Crippen LogP contribution in [0.15, 0.2) is 48.5 Å². The van der Waals surface area contributed by atoms with Crippen molar-refractivity contribution in [2.75, 3.05) is 6.61 Å². The van der Waals surface area contributed by atoms with Crippen molar-refractivity contribution in [2.45, 2.75) is 25.2 Å². The number of carbonyl (C=O) groups excluding carboxylic acids is 1. The summed E-state index contributed by atoms with van der Waals surface area (Å²) in [6.07, 6.45) is -0.0706. The standard InChI is InChI=1S/C18H22NO7P.Na/c1-2-26-27(24,25)17(14-5-3-4-6-16(14)21)19-15(18(22)23)11-12-7-9-13(20)10-8-12;/h3-10,15,17,19-21H,2,11H2,1H3,(H,22,23)(H,24,25);/q;+1/p-1/t15-,17?;/m0./s1. The molecule has 146 valence electrons. The Hall–Kier alpha value is -1.38. The van der Waals surface area contributed by atoms with E-state index in [1.807, 2.05) is 0 Å². The molecule has 28 heavy (non-hydrogen) atoms. The smallest absolute Gasteiger partial charge is 0.548 e. The first-order valence-corrected chi connectivity index (χ1v) is 9.89. The van der Waals surface area contributed by atoms with Crippen LogP contribution in [-0.4, -0.2) is 33.7 Å². The number of carbonyl (C=O) groups is 1. The second-order valence-electron chi connectivity index (χ2n) is 5.85. The fourth-order valence-corrected chi connectivity index (χ4v) is 4.06. The third kappa shape index (κ3) is 6.60. The molecule has 0 amide bonds. The fourth-order valence-electron chi connectivity index (χ4n) is 2.61. The Morgan fingerprint density at radius 2 is 1.79 bits per heavy atom. The van der Waals surface area contributed by atoms with Crippen LogP contribution >= 0.6 is 7.60 Å². The monoisotopic (exact) mass is 417 g/mol. The quantitative estimate of drug-likeness (QED) is 0.279. The van der Waals surface area contributed by atoms with E-state index in [1.165, 1.54) is 49.4 Å². The third-order valence-electron chi connectivity index (χ3n) is 3.89. The van der Waals surface area contributed by atoms with Crippen molar-refractivity contribution in [3.05, 3.63) is 59.7 Å². The molecule has 0 bridgehead atoms. The van der Waals surface area contributed by atoms with Crippen LogP contribution in [0.3, 0.4) is 0 Å². The molecule has 10 heteroatoms. The number of phenolic OH excluding ortho intramolecular Hbond substituents is 2. The van der Waals surface area contributed by atoms with Gasteiger partial charge in [-0.1, -0.05) is 30.3 Å².